The molecule has 1 aromatic heterocycles. The topological polar surface area (TPSA) is 37.8 Å². The second-order valence-electron chi connectivity index (χ2n) is 3.84. The van der Waals surface area contributed by atoms with Crippen LogP contribution in [0.15, 0.2) is 17.8 Å². The molecule has 1 heterocycles. The Morgan fingerprint density at radius 2 is 2.47 bits per heavy atom. The molecule has 0 spiro atoms. The number of likely N-dealkylation sites (N-methyl/N-ethyl adjacent to an activating group) is 1. The van der Waals surface area contributed by atoms with Gasteiger partial charge in [-0.2, -0.15) is 0 Å². The van der Waals surface area contributed by atoms with Crippen LogP contribution in [0.2, 0.25) is 0 Å². The van der Waals surface area contributed by atoms with E-state index >= 15 is 0 Å². The van der Waals surface area contributed by atoms with Gasteiger partial charge in [-0.25, -0.2) is 0 Å². The Labute approximate surface area is 94.8 Å². The summed E-state index contributed by atoms with van der Waals surface area (Å²) < 4.78 is 3.94. The molecule has 3 nitrogen and oxygen atoms in total. The minimum absolute atomic E-state index is 0.357. The fraction of sp³-hybridized carbons (Fsp3) is 0.636. The molecule has 1 atom stereocenters. The minimum Gasteiger partial charge on any atom is -0.306 e. The lowest BCUT2D eigenvalue weighted by Gasteiger charge is -2.22. The maximum absolute atomic E-state index is 3.94. The monoisotopic (exact) mass is 223 g/mol. The van der Waals surface area contributed by atoms with Crippen LogP contribution in [0, 0.1) is 0 Å². The van der Waals surface area contributed by atoms with E-state index < -0.39 is 0 Å². The first-order valence-corrected chi connectivity index (χ1v) is 6.38. The van der Waals surface area contributed by atoms with E-state index in [1.54, 1.807) is 0 Å². The van der Waals surface area contributed by atoms with Gasteiger partial charge in [-0.15, -0.1) is 5.10 Å². The van der Waals surface area contributed by atoms with Crippen LogP contribution in [0.3, 0.4) is 0 Å². The molecule has 82 valence electrons. The van der Waals surface area contributed by atoms with Crippen molar-refractivity contribution in [3.63, 3.8) is 0 Å². The number of allylic oxidation sites excluding steroid dienone is 1. The molecule has 2 rings (SSSR count). The van der Waals surface area contributed by atoms with Gasteiger partial charge >= 0.3 is 0 Å². The van der Waals surface area contributed by atoms with Crippen molar-refractivity contribution in [3.05, 3.63) is 22.7 Å². The zero-order chi connectivity index (χ0) is 10.5. The predicted molar refractivity (Wildman–Crippen MR) is 62.9 cm³/mol. The molecule has 0 saturated heterocycles. The van der Waals surface area contributed by atoms with E-state index in [-0.39, 0.29) is 0 Å². The molecule has 0 amide bonds. The molecule has 4 heteroatoms. The van der Waals surface area contributed by atoms with Gasteiger partial charge < -0.3 is 5.32 Å². The lowest BCUT2D eigenvalue weighted by Crippen LogP contribution is -2.22. The minimum atomic E-state index is 0.357. The van der Waals surface area contributed by atoms with Crippen molar-refractivity contribution < 1.29 is 0 Å². The highest BCUT2D eigenvalue weighted by atomic mass is 32.1. The van der Waals surface area contributed by atoms with Crippen molar-refractivity contribution in [3.8, 4) is 0 Å². The fourth-order valence-corrected chi connectivity index (χ4v) is 2.67. The third-order valence-electron chi connectivity index (χ3n) is 2.77. The van der Waals surface area contributed by atoms with Crippen LogP contribution in [0.25, 0.3) is 0 Å². The second-order valence-corrected chi connectivity index (χ2v) is 4.65. The third-order valence-corrected chi connectivity index (χ3v) is 3.50. The van der Waals surface area contributed by atoms with E-state index in [2.05, 4.69) is 27.9 Å². The average Bonchev–Trinajstić information content (AvgIpc) is 2.80. The number of hydrogen-bond acceptors (Lipinski definition) is 4. The molecule has 0 radical (unpaired) electrons. The van der Waals surface area contributed by atoms with Gasteiger partial charge in [-0.1, -0.05) is 23.1 Å². The zero-order valence-corrected chi connectivity index (χ0v) is 9.89. The van der Waals surface area contributed by atoms with Gasteiger partial charge in [0.15, 0.2) is 0 Å². The van der Waals surface area contributed by atoms with Crippen LogP contribution in [0.1, 0.15) is 43.5 Å². The predicted octanol–water partition coefficient (Wildman–Crippen LogP) is 2.69. The Morgan fingerprint density at radius 3 is 3.07 bits per heavy atom. The molecule has 0 aliphatic heterocycles. The van der Waals surface area contributed by atoms with Crippen molar-refractivity contribution in [1.82, 2.24) is 14.9 Å². The molecular formula is C11H17N3S. The zero-order valence-electron chi connectivity index (χ0n) is 9.07. The van der Waals surface area contributed by atoms with E-state index in [1.165, 1.54) is 47.7 Å². The molecule has 15 heavy (non-hydrogen) atoms. The summed E-state index contributed by atoms with van der Waals surface area (Å²) in [5, 5.41) is 7.44. The molecule has 0 bridgehead atoms. The number of nitrogens with zero attached hydrogens (tertiary/aromatic N) is 2. The van der Waals surface area contributed by atoms with Crippen LogP contribution >= 0.6 is 11.5 Å². The van der Waals surface area contributed by atoms with Crippen molar-refractivity contribution in [2.45, 2.75) is 38.6 Å². The van der Waals surface area contributed by atoms with E-state index in [0.29, 0.717) is 6.04 Å². The summed E-state index contributed by atoms with van der Waals surface area (Å²) >= 11 is 1.50. The van der Waals surface area contributed by atoms with Crippen LogP contribution in [0.4, 0.5) is 0 Å². The van der Waals surface area contributed by atoms with E-state index in [1.807, 2.05) is 6.20 Å². The molecule has 1 unspecified atom stereocenters. The highest BCUT2D eigenvalue weighted by Gasteiger charge is 2.18. The van der Waals surface area contributed by atoms with Crippen molar-refractivity contribution in [2.75, 3.05) is 6.54 Å². The molecule has 0 saturated carbocycles. The lowest BCUT2D eigenvalue weighted by molar-refractivity contribution is 0.569. The Hall–Kier alpha value is -0.740. The normalized spacial score (nSPS) is 18.6. The number of aromatic nitrogens is 2. The number of rotatable bonds is 4. The van der Waals surface area contributed by atoms with Gasteiger partial charge in [-0.05, 0) is 43.8 Å². The first-order chi connectivity index (χ1) is 7.42. The molecule has 1 N–H and O–H groups in total. The SMILES string of the molecule is CCNC(C1=CCCCC1)c1cnns1. The Bertz CT molecular complexity index is 319. The van der Waals surface area contributed by atoms with Crippen LogP contribution < -0.4 is 5.32 Å². The van der Waals surface area contributed by atoms with E-state index in [0.717, 1.165) is 6.54 Å². The Balaban J connectivity index is 2.15. The van der Waals surface area contributed by atoms with Crippen LogP contribution in [0.5, 0.6) is 0 Å². The van der Waals surface area contributed by atoms with Crippen molar-refractivity contribution >= 4 is 11.5 Å². The number of nitrogens with one attached hydrogen (secondary N) is 1. The van der Waals surface area contributed by atoms with Gasteiger partial charge in [0.1, 0.15) is 0 Å². The maximum Gasteiger partial charge on any atom is 0.0672 e. The summed E-state index contributed by atoms with van der Waals surface area (Å²) in [7, 11) is 0. The summed E-state index contributed by atoms with van der Waals surface area (Å²) in [6.45, 7) is 3.13. The number of hydrogen-bond donors (Lipinski definition) is 1. The summed E-state index contributed by atoms with van der Waals surface area (Å²) in [5.41, 5.74) is 1.52. The average molecular weight is 223 g/mol. The molecule has 1 aromatic rings. The summed E-state index contributed by atoms with van der Waals surface area (Å²) in [5.74, 6) is 0. The molecule has 0 fully saturated rings. The van der Waals surface area contributed by atoms with Gasteiger partial charge in [0.25, 0.3) is 0 Å². The van der Waals surface area contributed by atoms with Crippen molar-refractivity contribution in [1.29, 1.82) is 0 Å². The van der Waals surface area contributed by atoms with Crippen molar-refractivity contribution in [2.24, 2.45) is 0 Å². The van der Waals surface area contributed by atoms with E-state index in [4.69, 9.17) is 0 Å². The smallest absolute Gasteiger partial charge is 0.0672 e. The largest absolute Gasteiger partial charge is 0.306 e. The Kier molecular flexibility index (Phi) is 3.86. The van der Waals surface area contributed by atoms with Gasteiger partial charge in [0, 0.05) is 0 Å². The fourth-order valence-electron chi connectivity index (χ4n) is 2.05. The summed E-state index contributed by atoms with van der Waals surface area (Å²) in [6, 6.07) is 0.357. The van der Waals surface area contributed by atoms with Crippen LogP contribution in [-0.4, -0.2) is 16.1 Å². The summed E-state index contributed by atoms with van der Waals surface area (Å²) in [4.78, 5) is 1.24. The highest BCUT2D eigenvalue weighted by Crippen LogP contribution is 2.30. The van der Waals surface area contributed by atoms with Crippen LogP contribution in [-0.2, 0) is 0 Å². The van der Waals surface area contributed by atoms with E-state index in [9.17, 15) is 0 Å². The van der Waals surface area contributed by atoms with Gasteiger partial charge in [-0.3, -0.25) is 0 Å². The second kappa shape index (κ2) is 5.37. The molecule has 1 aliphatic rings. The first kappa shape index (κ1) is 10.8. The van der Waals surface area contributed by atoms with Gasteiger partial charge in [0.05, 0.1) is 17.1 Å². The summed E-state index contributed by atoms with van der Waals surface area (Å²) in [6.07, 6.45) is 9.37. The quantitative estimate of drug-likeness (QED) is 0.797. The maximum atomic E-state index is 3.94. The Morgan fingerprint density at radius 1 is 1.53 bits per heavy atom. The first-order valence-electron chi connectivity index (χ1n) is 5.61. The standard InChI is InChI=1S/C11H17N3S/c1-2-12-11(10-8-13-14-15-10)9-6-4-3-5-7-9/h6,8,11-12H,2-5,7H2,1H3. The molecular weight excluding hydrogens is 206 g/mol. The van der Waals surface area contributed by atoms with Gasteiger partial charge in [0.2, 0.25) is 0 Å². The lowest BCUT2D eigenvalue weighted by atomic mass is 9.93. The highest BCUT2D eigenvalue weighted by molar-refractivity contribution is 7.05. The third kappa shape index (κ3) is 2.63. The molecule has 1 aliphatic carbocycles. The molecule has 0 aromatic carbocycles.